The molecule has 10 aromatic carbocycles. The number of aromatic nitrogens is 10. The van der Waals surface area contributed by atoms with Crippen LogP contribution >= 0.6 is 34.0 Å². The van der Waals surface area contributed by atoms with Gasteiger partial charge in [-0.15, -0.1) is 34.0 Å². The van der Waals surface area contributed by atoms with Gasteiger partial charge in [0.2, 0.25) is 16.6 Å². The Morgan fingerprint density at radius 1 is 0.299 bits per heavy atom. The summed E-state index contributed by atoms with van der Waals surface area (Å²) in [4.78, 5) is 23.4. The Hall–Kier alpha value is -12.2. The molecule has 8 heterocycles. The predicted molar refractivity (Wildman–Crippen MR) is 560 cm³/mol. The van der Waals surface area contributed by atoms with Gasteiger partial charge in [0.05, 0.1) is 46.1 Å². The van der Waals surface area contributed by atoms with Crippen molar-refractivity contribution >= 4 is 94.9 Å². The summed E-state index contributed by atoms with van der Waals surface area (Å²) >= 11 is 5.59. The van der Waals surface area contributed by atoms with Crippen LogP contribution in [0.1, 0.15) is 184 Å². The van der Waals surface area contributed by atoms with Crippen LogP contribution in [0.4, 0.5) is 26.3 Å². The highest BCUT2D eigenvalue weighted by molar-refractivity contribution is 7.27. The summed E-state index contributed by atoms with van der Waals surface area (Å²) < 4.78 is 100. The number of rotatable bonds is 13. The smallest absolute Gasteiger partial charge is 0.232 e. The lowest BCUT2D eigenvalue weighted by atomic mass is 9.81. The maximum atomic E-state index is 13.7. The Morgan fingerprint density at radius 2 is 0.635 bits per heavy atom. The molecule has 0 radical (unpaired) electrons. The zero-order valence-electron chi connectivity index (χ0n) is 85.1. The second-order valence-electron chi connectivity index (χ2n) is 40.1. The average Bonchev–Trinajstić information content (AvgIpc) is 1.61. The van der Waals surface area contributed by atoms with Crippen molar-refractivity contribution in [3.8, 4) is 78.8 Å². The number of benzene rings is 10. The molecule has 0 amide bonds. The molecule has 0 aliphatic carbocycles. The molecule has 706 valence electrons. The van der Waals surface area contributed by atoms with E-state index in [-0.39, 0.29) is 12.8 Å². The van der Waals surface area contributed by atoms with Gasteiger partial charge in [-0.2, -0.15) is 26.3 Å². The lowest BCUT2D eigenvalue weighted by molar-refractivity contribution is -0.663. The fraction of sp³-hybridized carbons (Fsp3) is 0.322. The van der Waals surface area contributed by atoms with Crippen LogP contribution in [0.3, 0.4) is 0 Å². The molecule has 0 atom stereocenters. The van der Waals surface area contributed by atoms with Crippen LogP contribution in [-0.4, -0.2) is 37.3 Å². The second kappa shape index (κ2) is 39.7. The van der Waals surface area contributed by atoms with Gasteiger partial charge in [0, 0.05) is 81.3 Å². The van der Waals surface area contributed by atoms with Gasteiger partial charge in [0.15, 0.2) is 28.5 Å². The van der Waals surface area contributed by atoms with E-state index < -0.39 is 23.2 Å². The highest BCUT2D eigenvalue weighted by Gasteiger charge is 2.49. The lowest BCUT2D eigenvalue weighted by Crippen LogP contribution is -2.35. The van der Waals surface area contributed by atoms with Crippen LogP contribution in [0.2, 0.25) is 0 Å². The van der Waals surface area contributed by atoms with Crippen LogP contribution < -0.4 is 22.8 Å². The van der Waals surface area contributed by atoms with Crippen LogP contribution in [-0.2, 0) is 48.1 Å². The van der Waals surface area contributed by atoms with Gasteiger partial charge in [-0.1, -0.05) is 167 Å². The third-order valence-corrected chi connectivity index (χ3v) is 30.7. The highest BCUT2D eigenvalue weighted by atomic mass is 32.1. The third-order valence-electron chi connectivity index (χ3n) is 27.2. The minimum absolute atomic E-state index is 0.317. The van der Waals surface area contributed by atoms with Crippen molar-refractivity contribution in [1.29, 1.82) is 0 Å². The number of halogens is 6. The number of fused-ring (bicyclic) bond motifs is 9. The number of aryl methyl sites for hydroxylation is 17. The van der Waals surface area contributed by atoms with E-state index in [0.717, 1.165) is 77.9 Å². The van der Waals surface area contributed by atoms with Crippen molar-refractivity contribution in [2.75, 3.05) is 0 Å². The van der Waals surface area contributed by atoms with Crippen molar-refractivity contribution in [1.82, 2.24) is 24.9 Å². The Kier molecular flexibility index (Phi) is 29.2. The molecule has 0 aliphatic heterocycles. The summed E-state index contributed by atoms with van der Waals surface area (Å²) in [7, 11) is 10.2. The summed E-state index contributed by atoms with van der Waals surface area (Å²) in [6.45, 7) is 50.0. The number of hydrogen-bond donors (Lipinski definition) is 0. The molecule has 0 N–H and O–H groups in total. The second-order valence-corrected chi connectivity index (χ2v) is 43.2. The number of alkyl halides is 6. The first-order chi connectivity index (χ1) is 64.4. The molecule has 0 aliphatic rings. The Balaban J connectivity index is 0.000000138. The molecule has 0 fully saturated rings. The largest absolute Gasteiger partial charge is 0.394 e. The molecule has 18 rings (SSSR count). The van der Waals surface area contributed by atoms with E-state index in [4.69, 9.17) is 15.0 Å². The van der Waals surface area contributed by atoms with Gasteiger partial charge >= 0.3 is 12.4 Å². The molecule has 137 heavy (non-hydrogen) atoms. The van der Waals surface area contributed by atoms with E-state index in [1.807, 2.05) is 97.8 Å². The molecule has 0 saturated heterocycles. The molecule has 0 bridgehead atoms. The number of nitrogens with zero attached hydrogens (tertiary/aromatic N) is 10. The van der Waals surface area contributed by atoms with E-state index in [1.54, 1.807) is 18.5 Å². The van der Waals surface area contributed by atoms with Crippen LogP contribution in [0.5, 0.6) is 0 Å². The van der Waals surface area contributed by atoms with Crippen LogP contribution in [0.25, 0.3) is 140 Å². The topological polar surface area (TPSA) is 83.8 Å². The molecule has 0 unspecified atom stereocenters. The van der Waals surface area contributed by atoms with Crippen LogP contribution in [0.15, 0.2) is 201 Å². The first-order valence-corrected chi connectivity index (χ1v) is 49.4. The normalized spacial score (nSPS) is 12.0. The van der Waals surface area contributed by atoms with Gasteiger partial charge in [0.1, 0.15) is 25.5 Å². The van der Waals surface area contributed by atoms with Gasteiger partial charge in [0.25, 0.3) is 31.6 Å². The fourth-order valence-electron chi connectivity index (χ4n) is 18.7. The van der Waals surface area contributed by atoms with Crippen molar-refractivity contribution in [2.24, 2.45) is 46.1 Å². The van der Waals surface area contributed by atoms with E-state index in [0.29, 0.717) is 34.2 Å². The van der Waals surface area contributed by atoms with E-state index >= 15 is 0 Å². The standard InChI is InChI=1S/C30H35F6N2.2C23H25N2S.C22H25N2.C20H19N2S/c1-18-9-19(2)20(3)24(10-18)26-14-25(37-17-38(26)8)23-12-21(15-27(4,5)29(31,32)33)11-22(13-23)16-28(6,7)30(34,35)36;1-13(2)17-7-8-18-20(11-17)26-23-21(18)24-12-25(6)22(23)19-10-14(3)9-15(4)16(19)5;1-13(2)17-8-7-9-18-20-23(26-22(17)18)21(25(6)12-24-20)19-11-14(3)10-15(4)16(19)5;1-14-7-15(2)10-19(9-14)21-12-22(24(6)13-23-21)20-11-16(3)8-17(4)18(20)5;1-12-9-13(2)14(3)16(10-12)19-20-18(21-11-22(19)4)15-7-5-6-8-17(15)23-20/h9-14,17H,15-16H2,1-8H3;2*7-13H,1-6H3;7-13H,1-6H3;5-11H,1-4H3/q5*+1. The first kappa shape index (κ1) is 101. The Labute approximate surface area is 816 Å². The summed E-state index contributed by atoms with van der Waals surface area (Å²) in [5.74, 6) is 1.04. The van der Waals surface area contributed by atoms with Crippen molar-refractivity contribution in [3.63, 3.8) is 0 Å². The van der Waals surface area contributed by atoms with Gasteiger partial charge in [-0.3, -0.25) is 0 Å². The minimum atomic E-state index is -4.47. The minimum Gasteiger partial charge on any atom is -0.232 e. The van der Waals surface area contributed by atoms with Gasteiger partial charge in [-0.25, -0.2) is 22.8 Å². The van der Waals surface area contributed by atoms with Gasteiger partial charge in [-0.05, 0) is 330 Å². The summed E-state index contributed by atoms with van der Waals surface area (Å²) in [5.41, 5.74) is 39.6. The molecule has 0 spiro atoms. The summed E-state index contributed by atoms with van der Waals surface area (Å²) in [6, 6.07) is 59.7. The lowest BCUT2D eigenvalue weighted by Gasteiger charge is -2.29. The zero-order valence-corrected chi connectivity index (χ0v) is 87.5. The SMILES string of the molecule is Cc1cc(C)c(C)c(-c2c3sc4c(C(C)C)cccc4c3nc[n+]2C)c1.Cc1cc(C)c(C)c(-c2c3sc4cc(C(C)C)ccc4c3nc[n+]2C)c1.Cc1cc(C)c(C)c(-c2c3sc4ccccc4c3nc[n+]2C)c1.Cc1cc(C)c(C)c(-c2cc(-c3cc(CC(C)(C)C(F)(F)F)cc(CC(C)(C)C(F)(F)F)c3)nc[n+]2C)c1.Cc1cc(C)cc(-c2cc(-c3cc(C)cc(C)c3C)[n+](C)cn2)c1. The fourth-order valence-corrected chi connectivity index (χ4v) is 22.8. The Morgan fingerprint density at radius 3 is 1.03 bits per heavy atom. The van der Waals surface area contributed by atoms with Crippen LogP contribution in [0, 0.1) is 129 Å². The van der Waals surface area contributed by atoms with E-state index in [2.05, 4.69) is 327 Å². The maximum absolute atomic E-state index is 13.7. The number of thiophene rings is 3. The maximum Gasteiger partial charge on any atom is 0.394 e. The van der Waals surface area contributed by atoms with Gasteiger partial charge < -0.3 is 0 Å². The van der Waals surface area contributed by atoms with E-state index in [1.165, 1.54) is 190 Å². The van der Waals surface area contributed by atoms with E-state index in [9.17, 15) is 26.3 Å². The predicted octanol–water partition coefficient (Wildman–Crippen LogP) is 30.1. The molecular formula is C118H129F6N10S3+5. The monoisotopic (exact) mass is 1900 g/mol. The summed E-state index contributed by atoms with van der Waals surface area (Å²) in [5, 5.41) is 3.79. The molecule has 10 nitrogen and oxygen atoms in total. The van der Waals surface area contributed by atoms with Crippen molar-refractivity contribution < 1.29 is 49.2 Å². The van der Waals surface area contributed by atoms with Crippen molar-refractivity contribution in [2.45, 2.75) is 210 Å². The molecule has 8 aromatic heterocycles. The number of hydrogen-bond acceptors (Lipinski definition) is 8. The first-order valence-electron chi connectivity index (χ1n) is 46.9. The molecular weight excluding hydrogens is 1770 g/mol. The zero-order chi connectivity index (χ0) is 99.6. The molecule has 19 heteroatoms. The Bertz CT molecular complexity index is 7660. The third kappa shape index (κ3) is 21.1. The van der Waals surface area contributed by atoms with Crippen molar-refractivity contribution in [3.05, 3.63) is 318 Å². The molecule has 0 saturated carbocycles. The average molecular weight is 1900 g/mol. The quantitative estimate of drug-likeness (QED) is 0.0848. The summed E-state index contributed by atoms with van der Waals surface area (Å²) in [6.07, 6.45) is -0.288. The molecule has 18 aromatic rings. The highest BCUT2D eigenvalue weighted by Crippen LogP contribution is 2.48.